The molecule has 2 heteroatoms. The van der Waals surface area contributed by atoms with Crippen molar-refractivity contribution in [1.29, 1.82) is 0 Å². The largest absolute Gasteiger partial charge is 2.00 e. The van der Waals surface area contributed by atoms with Crippen LogP contribution in [-0.4, -0.2) is 5.78 Å². The second kappa shape index (κ2) is 9.61. The normalized spacial score (nSPS) is 5.43. The van der Waals surface area contributed by atoms with E-state index >= 15 is 0 Å². The Kier molecular flexibility index (Phi) is 21.5. The predicted molar refractivity (Wildman–Crippen MR) is 27.1 cm³/mol. The second-order valence-electron chi connectivity index (χ2n) is 0.952. The summed E-state index contributed by atoms with van der Waals surface area (Å²) in [7, 11) is 0. The maximum atomic E-state index is 9.75. The van der Waals surface area contributed by atoms with Gasteiger partial charge in [-0.2, -0.15) is 0 Å². The van der Waals surface area contributed by atoms with E-state index in [-0.39, 0.29) is 34.3 Å². The van der Waals surface area contributed by atoms with E-state index in [0.717, 1.165) is 0 Å². The molecule has 42 valence electrons. The van der Waals surface area contributed by atoms with Crippen LogP contribution in [0.2, 0.25) is 0 Å². The fourth-order valence-electron chi connectivity index (χ4n) is 0. The maximum absolute atomic E-state index is 9.75. The molecule has 0 aromatic rings. The Bertz CT molecular complexity index is 43.3. The number of rotatable bonds is 1. The van der Waals surface area contributed by atoms with E-state index in [0.29, 0.717) is 6.42 Å². The SMILES string of the molecule is [CH2-]CC(C)=O.[CH3-].[W+2]. The van der Waals surface area contributed by atoms with Crippen LogP contribution in [0.3, 0.4) is 0 Å². The molecule has 0 saturated carbocycles. The molecule has 1 nitrogen and oxygen atoms in total. The third-order valence-corrected chi connectivity index (χ3v) is 0.352. The minimum Gasteiger partial charge on any atom is -0.358 e. The van der Waals surface area contributed by atoms with Gasteiger partial charge in [-0.05, 0) is 6.92 Å². The van der Waals surface area contributed by atoms with Gasteiger partial charge in [0, 0.05) is 0 Å². The maximum Gasteiger partial charge on any atom is 2.00 e. The molecule has 0 atom stereocenters. The summed E-state index contributed by atoms with van der Waals surface area (Å²) < 4.78 is 0. The van der Waals surface area contributed by atoms with Crippen molar-refractivity contribution in [2.24, 2.45) is 0 Å². The molecule has 0 aliphatic rings. The molecule has 0 radical (unpaired) electrons. The fraction of sp³-hybridized carbons (Fsp3) is 0.400. The molecule has 0 bridgehead atoms. The van der Waals surface area contributed by atoms with Crippen molar-refractivity contribution in [2.75, 3.05) is 0 Å². The Hall–Kier alpha value is 0.358. The zero-order valence-electron chi connectivity index (χ0n) is 4.73. The van der Waals surface area contributed by atoms with Crippen LogP contribution in [0.4, 0.5) is 0 Å². The Morgan fingerprint density at radius 2 is 1.86 bits per heavy atom. The summed E-state index contributed by atoms with van der Waals surface area (Å²) >= 11 is 0. The molecule has 0 fully saturated rings. The van der Waals surface area contributed by atoms with Crippen LogP contribution in [0.25, 0.3) is 0 Å². The molecule has 0 N–H and O–H groups in total. The van der Waals surface area contributed by atoms with Gasteiger partial charge in [-0.1, -0.05) is 0 Å². The Morgan fingerprint density at radius 1 is 1.71 bits per heavy atom. The zero-order valence-corrected chi connectivity index (χ0v) is 7.66. The first-order chi connectivity index (χ1) is 2.27. The van der Waals surface area contributed by atoms with Gasteiger partial charge in [-0.25, -0.2) is 0 Å². The molecule has 0 rings (SSSR count). The summed E-state index contributed by atoms with van der Waals surface area (Å²) in [6.07, 6.45) is 0.417. The molecule has 0 aromatic carbocycles. The van der Waals surface area contributed by atoms with Crippen molar-refractivity contribution >= 4 is 5.78 Å². The van der Waals surface area contributed by atoms with Gasteiger partial charge in [0.2, 0.25) is 0 Å². The van der Waals surface area contributed by atoms with E-state index in [1.54, 1.807) is 0 Å². The third kappa shape index (κ3) is 21.7. The van der Waals surface area contributed by atoms with Crippen molar-refractivity contribution in [3.8, 4) is 0 Å². The number of hydrogen-bond donors (Lipinski definition) is 0. The fourth-order valence-corrected chi connectivity index (χ4v) is 0. The van der Waals surface area contributed by atoms with E-state index in [1.807, 2.05) is 0 Å². The number of carbonyl (C=O) groups excluding carboxylic acids is 1. The average molecular weight is 270 g/mol. The van der Waals surface area contributed by atoms with E-state index in [1.165, 1.54) is 6.92 Å². The van der Waals surface area contributed by atoms with Crippen LogP contribution in [0.5, 0.6) is 0 Å². The number of carbonyl (C=O) groups is 1. The van der Waals surface area contributed by atoms with Gasteiger partial charge in [-0.3, -0.25) is 0 Å². The van der Waals surface area contributed by atoms with E-state index < -0.39 is 0 Å². The van der Waals surface area contributed by atoms with Crippen LogP contribution in [0, 0.1) is 14.4 Å². The summed E-state index contributed by atoms with van der Waals surface area (Å²) in [5, 5.41) is 0. The number of ketones is 1. The minimum atomic E-state index is 0. The Morgan fingerprint density at radius 3 is 1.86 bits per heavy atom. The van der Waals surface area contributed by atoms with Crippen molar-refractivity contribution < 1.29 is 25.9 Å². The van der Waals surface area contributed by atoms with Gasteiger partial charge in [0.25, 0.3) is 0 Å². The molecular weight excluding hydrogens is 260 g/mol. The van der Waals surface area contributed by atoms with Crippen LogP contribution >= 0.6 is 0 Å². The average Bonchev–Trinajstić information content (AvgIpc) is 1.38. The predicted octanol–water partition coefficient (Wildman–Crippen LogP) is 1.25. The smallest absolute Gasteiger partial charge is 0.358 e. The van der Waals surface area contributed by atoms with Crippen molar-refractivity contribution in [3.63, 3.8) is 0 Å². The van der Waals surface area contributed by atoms with Crippen molar-refractivity contribution in [2.45, 2.75) is 13.3 Å². The molecule has 0 aliphatic heterocycles. The summed E-state index contributed by atoms with van der Waals surface area (Å²) in [6, 6.07) is 0. The summed E-state index contributed by atoms with van der Waals surface area (Å²) in [5.41, 5.74) is 0. The van der Waals surface area contributed by atoms with Crippen LogP contribution in [0.1, 0.15) is 13.3 Å². The zero-order chi connectivity index (χ0) is 4.28. The van der Waals surface area contributed by atoms with E-state index in [2.05, 4.69) is 6.92 Å². The quantitative estimate of drug-likeness (QED) is 0.655. The molecule has 0 spiro atoms. The van der Waals surface area contributed by atoms with Gasteiger partial charge < -0.3 is 19.1 Å². The monoisotopic (exact) mass is 270 g/mol. The Balaban J connectivity index is -0.0000000800. The summed E-state index contributed by atoms with van der Waals surface area (Å²) in [5.74, 6) is 0.144. The molecule has 0 saturated heterocycles. The first-order valence-corrected chi connectivity index (χ1v) is 1.56. The molecule has 0 aliphatic carbocycles. The van der Waals surface area contributed by atoms with Gasteiger partial charge >= 0.3 is 21.1 Å². The van der Waals surface area contributed by atoms with Crippen LogP contribution in [-0.2, 0) is 25.9 Å². The minimum absolute atomic E-state index is 0. The van der Waals surface area contributed by atoms with Crippen molar-refractivity contribution in [3.05, 3.63) is 14.4 Å². The van der Waals surface area contributed by atoms with Gasteiger partial charge in [0.1, 0.15) is 0 Å². The standard InChI is InChI=1S/C4H7O.CH3.W/c1-3-4(2)5;;/h1,3H2,2H3;1H3;/q2*-1;+2. The van der Waals surface area contributed by atoms with E-state index in [4.69, 9.17) is 0 Å². The molecule has 0 amide bonds. The molecule has 0 unspecified atom stereocenters. The van der Waals surface area contributed by atoms with Gasteiger partial charge in [-0.15, -0.1) is 6.42 Å². The topological polar surface area (TPSA) is 17.1 Å². The third-order valence-electron chi connectivity index (χ3n) is 0.352. The first-order valence-electron chi connectivity index (χ1n) is 1.56. The second-order valence-corrected chi connectivity index (χ2v) is 0.952. The molecular formula is C5H10OW. The first kappa shape index (κ1) is 15.7. The van der Waals surface area contributed by atoms with E-state index in [9.17, 15) is 4.79 Å². The summed E-state index contributed by atoms with van der Waals surface area (Å²) in [6.45, 7) is 4.86. The van der Waals surface area contributed by atoms with Crippen LogP contribution in [0.15, 0.2) is 0 Å². The van der Waals surface area contributed by atoms with Crippen molar-refractivity contribution in [1.82, 2.24) is 0 Å². The summed E-state index contributed by atoms with van der Waals surface area (Å²) in [4.78, 5) is 9.75. The molecule has 7 heavy (non-hydrogen) atoms. The number of Topliss-reactive ketones (excluding diaryl/α,β-unsaturated/α-hetero) is 1. The number of hydrogen-bond acceptors (Lipinski definition) is 1. The van der Waals surface area contributed by atoms with Gasteiger partial charge in [0.15, 0.2) is 0 Å². The van der Waals surface area contributed by atoms with Gasteiger partial charge in [0.05, 0.1) is 5.78 Å². The Labute approximate surface area is 59.8 Å². The van der Waals surface area contributed by atoms with Crippen LogP contribution < -0.4 is 0 Å². The molecule has 0 aromatic heterocycles. The molecule has 0 heterocycles.